The summed E-state index contributed by atoms with van der Waals surface area (Å²) in [6, 6.07) is 9.47. The summed E-state index contributed by atoms with van der Waals surface area (Å²) in [7, 11) is -2.59. The minimum Gasteiger partial charge on any atom is -0.496 e. The third-order valence-electron chi connectivity index (χ3n) is 3.48. The SMILES string of the molecule is COc1ccc(S(=O)(=O)N(CC(=O)O)c2cc(C)cc(C)c2)cc1Br. The van der Waals surface area contributed by atoms with Gasteiger partial charge in [-0.2, -0.15) is 0 Å². The number of carboxylic acid groups (broad SMARTS) is 1. The number of benzene rings is 2. The first kappa shape index (κ1) is 19.3. The molecule has 0 aliphatic carbocycles. The van der Waals surface area contributed by atoms with E-state index in [4.69, 9.17) is 4.74 Å². The zero-order valence-corrected chi connectivity index (χ0v) is 16.4. The van der Waals surface area contributed by atoms with Crippen LogP contribution in [0.15, 0.2) is 45.8 Å². The summed E-state index contributed by atoms with van der Waals surface area (Å²) in [4.78, 5) is 11.2. The van der Waals surface area contributed by atoms with Gasteiger partial charge in [-0.05, 0) is 71.2 Å². The maximum absolute atomic E-state index is 13.0. The number of hydrogen-bond donors (Lipinski definition) is 1. The first-order valence-electron chi connectivity index (χ1n) is 7.31. The van der Waals surface area contributed by atoms with Crippen LogP contribution in [-0.4, -0.2) is 33.1 Å². The smallest absolute Gasteiger partial charge is 0.324 e. The second kappa shape index (κ2) is 7.45. The molecule has 25 heavy (non-hydrogen) atoms. The highest BCUT2D eigenvalue weighted by atomic mass is 79.9. The lowest BCUT2D eigenvalue weighted by atomic mass is 10.1. The van der Waals surface area contributed by atoms with E-state index in [1.807, 2.05) is 19.9 Å². The molecule has 0 fully saturated rings. The fourth-order valence-corrected chi connectivity index (χ4v) is 4.58. The van der Waals surface area contributed by atoms with Gasteiger partial charge in [0.25, 0.3) is 10.0 Å². The Morgan fingerprint density at radius 3 is 2.24 bits per heavy atom. The molecule has 0 bridgehead atoms. The number of carboxylic acids is 1. The van der Waals surface area contributed by atoms with Gasteiger partial charge in [-0.25, -0.2) is 8.42 Å². The molecule has 8 heteroatoms. The summed E-state index contributed by atoms with van der Waals surface area (Å²) in [5.74, 6) is -0.759. The molecular weight excluding hydrogens is 410 g/mol. The summed E-state index contributed by atoms with van der Waals surface area (Å²) in [5, 5.41) is 9.20. The molecule has 0 aliphatic heterocycles. The lowest BCUT2D eigenvalue weighted by Crippen LogP contribution is -2.35. The highest BCUT2D eigenvalue weighted by molar-refractivity contribution is 9.10. The molecule has 6 nitrogen and oxygen atoms in total. The van der Waals surface area contributed by atoms with E-state index in [9.17, 15) is 18.3 Å². The third kappa shape index (κ3) is 4.32. The summed E-state index contributed by atoms with van der Waals surface area (Å²) >= 11 is 3.25. The van der Waals surface area contributed by atoms with Gasteiger partial charge in [-0.3, -0.25) is 9.10 Å². The molecule has 2 aromatic carbocycles. The molecule has 1 N–H and O–H groups in total. The quantitative estimate of drug-likeness (QED) is 0.763. The number of aliphatic carboxylic acids is 1. The Morgan fingerprint density at radius 2 is 1.76 bits per heavy atom. The number of rotatable bonds is 6. The van der Waals surface area contributed by atoms with E-state index >= 15 is 0 Å². The number of halogens is 1. The van der Waals surface area contributed by atoms with Crippen LogP contribution >= 0.6 is 15.9 Å². The molecule has 0 heterocycles. The lowest BCUT2D eigenvalue weighted by molar-refractivity contribution is -0.135. The van der Waals surface area contributed by atoms with Crippen molar-refractivity contribution in [3.05, 3.63) is 52.0 Å². The third-order valence-corrected chi connectivity index (χ3v) is 5.87. The van der Waals surface area contributed by atoms with Crippen molar-refractivity contribution >= 4 is 37.6 Å². The molecule has 0 saturated heterocycles. The van der Waals surface area contributed by atoms with E-state index < -0.39 is 22.5 Å². The predicted molar refractivity (Wildman–Crippen MR) is 98.8 cm³/mol. The highest BCUT2D eigenvalue weighted by Gasteiger charge is 2.28. The number of anilines is 1. The number of carbonyl (C=O) groups is 1. The van der Waals surface area contributed by atoms with E-state index in [0.717, 1.165) is 15.4 Å². The molecule has 2 aromatic rings. The fourth-order valence-electron chi connectivity index (χ4n) is 2.47. The van der Waals surface area contributed by atoms with E-state index in [1.165, 1.54) is 25.3 Å². The summed E-state index contributed by atoms with van der Waals surface area (Å²) in [5.41, 5.74) is 2.00. The van der Waals surface area contributed by atoms with E-state index in [-0.39, 0.29) is 4.90 Å². The zero-order valence-electron chi connectivity index (χ0n) is 14.0. The Bertz CT molecular complexity index is 891. The van der Waals surface area contributed by atoms with Crippen LogP contribution in [0, 0.1) is 13.8 Å². The van der Waals surface area contributed by atoms with Gasteiger partial charge in [0.05, 0.1) is 22.2 Å². The second-order valence-corrected chi connectivity index (χ2v) is 8.26. The molecule has 0 unspecified atom stereocenters. The number of aryl methyl sites for hydroxylation is 2. The van der Waals surface area contributed by atoms with E-state index in [0.29, 0.717) is 15.9 Å². The van der Waals surface area contributed by atoms with Crippen molar-refractivity contribution in [3.8, 4) is 5.75 Å². The summed E-state index contributed by atoms with van der Waals surface area (Å²) in [6.45, 7) is 2.98. The lowest BCUT2D eigenvalue weighted by Gasteiger charge is -2.24. The molecule has 134 valence electrons. The molecule has 0 aliphatic rings. The molecule has 0 aromatic heterocycles. The van der Waals surface area contributed by atoms with Crippen molar-refractivity contribution in [3.63, 3.8) is 0 Å². The molecule has 2 rings (SSSR count). The average molecular weight is 428 g/mol. The average Bonchev–Trinajstić information content (AvgIpc) is 2.51. The number of methoxy groups -OCH3 is 1. The van der Waals surface area contributed by atoms with Crippen molar-refractivity contribution in [2.45, 2.75) is 18.7 Å². The first-order valence-corrected chi connectivity index (χ1v) is 9.55. The van der Waals surface area contributed by atoms with Gasteiger partial charge in [0.15, 0.2) is 0 Å². The van der Waals surface area contributed by atoms with E-state index in [2.05, 4.69) is 15.9 Å². The molecule has 0 amide bonds. The van der Waals surface area contributed by atoms with Crippen molar-refractivity contribution < 1.29 is 23.1 Å². The Balaban J connectivity index is 2.59. The zero-order chi connectivity index (χ0) is 18.8. The van der Waals surface area contributed by atoms with Gasteiger partial charge >= 0.3 is 5.97 Å². The molecule has 0 radical (unpaired) electrons. The highest BCUT2D eigenvalue weighted by Crippen LogP contribution is 2.31. The van der Waals surface area contributed by atoms with Gasteiger partial charge in [0.2, 0.25) is 0 Å². The molecule has 0 saturated carbocycles. The van der Waals surface area contributed by atoms with Crippen LogP contribution in [0.4, 0.5) is 5.69 Å². The maximum atomic E-state index is 13.0. The molecule has 0 atom stereocenters. The van der Waals surface area contributed by atoms with Crippen LogP contribution in [0.1, 0.15) is 11.1 Å². The van der Waals surface area contributed by atoms with Crippen molar-refractivity contribution in [2.75, 3.05) is 18.0 Å². The number of hydrogen-bond acceptors (Lipinski definition) is 4. The molecular formula is C17H18BrNO5S. The minimum atomic E-state index is -4.06. The Morgan fingerprint density at radius 1 is 1.16 bits per heavy atom. The first-order chi connectivity index (χ1) is 11.6. The van der Waals surface area contributed by atoms with Crippen LogP contribution in [0.2, 0.25) is 0 Å². The Labute approximate surface area is 155 Å². The minimum absolute atomic E-state index is 0.0272. The van der Waals surface area contributed by atoms with Crippen LogP contribution in [0.25, 0.3) is 0 Å². The van der Waals surface area contributed by atoms with Crippen molar-refractivity contribution in [1.82, 2.24) is 0 Å². The largest absolute Gasteiger partial charge is 0.496 e. The number of sulfonamides is 1. The van der Waals surface area contributed by atoms with Crippen molar-refractivity contribution in [2.24, 2.45) is 0 Å². The van der Waals surface area contributed by atoms with Gasteiger partial charge in [0.1, 0.15) is 12.3 Å². The van der Waals surface area contributed by atoms with Crippen molar-refractivity contribution in [1.29, 1.82) is 0 Å². The van der Waals surface area contributed by atoms with Gasteiger partial charge in [-0.15, -0.1) is 0 Å². The van der Waals surface area contributed by atoms with Gasteiger partial charge < -0.3 is 9.84 Å². The topological polar surface area (TPSA) is 83.9 Å². The Hall–Kier alpha value is -2.06. The van der Waals surface area contributed by atoms with Crippen LogP contribution in [-0.2, 0) is 14.8 Å². The fraction of sp³-hybridized carbons (Fsp3) is 0.235. The monoisotopic (exact) mass is 427 g/mol. The van der Waals surface area contributed by atoms with E-state index in [1.54, 1.807) is 12.1 Å². The van der Waals surface area contributed by atoms with Crippen LogP contribution < -0.4 is 9.04 Å². The van der Waals surface area contributed by atoms with Gasteiger partial charge in [-0.1, -0.05) is 6.07 Å². The van der Waals surface area contributed by atoms with Crippen LogP contribution in [0.3, 0.4) is 0 Å². The molecule has 0 spiro atoms. The second-order valence-electron chi connectivity index (χ2n) is 5.55. The van der Waals surface area contributed by atoms with Crippen LogP contribution in [0.5, 0.6) is 5.75 Å². The summed E-state index contributed by atoms with van der Waals surface area (Å²) < 4.78 is 32.5. The normalized spacial score (nSPS) is 11.2. The Kier molecular flexibility index (Phi) is 5.74. The number of nitrogens with zero attached hydrogens (tertiary/aromatic N) is 1. The standard InChI is InChI=1S/C17H18BrNO5S/c1-11-6-12(2)8-13(7-11)19(10-17(20)21)25(22,23)14-4-5-16(24-3)15(18)9-14/h4-9H,10H2,1-3H3,(H,20,21). The maximum Gasteiger partial charge on any atom is 0.324 e. The number of ether oxygens (including phenoxy) is 1. The summed E-state index contributed by atoms with van der Waals surface area (Å²) in [6.07, 6.45) is 0. The van der Waals surface area contributed by atoms with Gasteiger partial charge in [0, 0.05) is 0 Å². The predicted octanol–water partition coefficient (Wildman–Crippen LogP) is 3.35.